The van der Waals surface area contributed by atoms with Crippen molar-refractivity contribution in [3.05, 3.63) is 71.8 Å². The molecule has 2 aromatic rings. The van der Waals surface area contributed by atoms with Crippen LogP contribution < -0.4 is 0 Å². The Bertz CT molecular complexity index is 594. The van der Waals surface area contributed by atoms with Crippen molar-refractivity contribution < 1.29 is 9.18 Å². The molecule has 1 aromatic carbocycles. The van der Waals surface area contributed by atoms with Crippen molar-refractivity contribution in [3.63, 3.8) is 0 Å². The molecule has 0 saturated carbocycles. The van der Waals surface area contributed by atoms with E-state index in [9.17, 15) is 9.18 Å². The molecule has 0 N–H and O–H groups in total. The van der Waals surface area contributed by atoms with Crippen LogP contribution in [-0.4, -0.2) is 22.8 Å². The Labute approximate surface area is 117 Å². The molecule has 102 valence electrons. The molecule has 0 bridgehead atoms. The van der Waals surface area contributed by atoms with Crippen molar-refractivity contribution in [1.29, 1.82) is 0 Å². The number of nitrogens with zero attached hydrogens (tertiary/aromatic N) is 2. The maximum absolute atomic E-state index is 12.8. The molecule has 0 fully saturated rings. The summed E-state index contributed by atoms with van der Waals surface area (Å²) in [5.74, 6) is -0.394. The van der Waals surface area contributed by atoms with Crippen LogP contribution >= 0.6 is 0 Å². The van der Waals surface area contributed by atoms with E-state index in [1.807, 2.05) is 12.1 Å². The summed E-state index contributed by atoms with van der Waals surface area (Å²) in [6, 6.07) is 9.72. The Morgan fingerprint density at radius 2 is 1.85 bits per heavy atom. The number of carbonyl (C=O) groups excluding carboxylic acids is 1. The molecule has 0 aliphatic heterocycles. The molecule has 0 spiro atoms. The highest BCUT2D eigenvalue weighted by molar-refractivity contribution is 5.91. The van der Waals surface area contributed by atoms with Gasteiger partial charge in [0.1, 0.15) is 5.82 Å². The Morgan fingerprint density at radius 3 is 2.50 bits per heavy atom. The summed E-state index contributed by atoms with van der Waals surface area (Å²) < 4.78 is 12.8. The minimum atomic E-state index is -0.289. The lowest BCUT2D eigenvalue weighted by atomic mass is 10.2. The number of amides is 1. The zero-order valence-corrected chi connectivity index (χ0v) is 11.2. The molecule has 0 aliphatic rings. The second-order valence-corrected chi connectivity index (χ2v) is 4.43. The van der Waals surface area contributed by atoms with E-state index in [1.54, 1.807) is 42.6 Å². The van der Waals surface area contributed by atoms with Gasteiger partial charge in [0.25, 0.3) is 0 Å². The third kappa shape index (κ3) is 4.02. The fourth-order valence-corrected chi connectivity index (χ4v) is 1.71. The number of rotatable bonds is 4. The first-order valence-corrected chi connectivity index (χ1v) is 6.23. The van der Waals surface area contributed by atoms with Gasteiger partial charge in [-0.2, -0.15) is 0 Å². The molecule has 0 saturated heterocycles. The number of halogens is 1. The molecule has 2 rings (SSSR count). The standard InChI is InChI=1S/C16H15FN2O/c1-19(12-14-8-10-18-11-9-14)16(20)7-4-13-2-5-15(17)6-3-13/h2-11H,12H2,1H3. The van der Waals surface area contributed by atoms with Gasteiger partial charge in [-0.15, -0.1) is 0 Å². The molecule has 0 unspecified atom stereocenters. The van der Waals surface area contributed by atoms with Gasteiger partial charge in [0.2, 0.25) is 5.91 Å². The van der Waals surface area contributed by atoms with Crippen LogP contribution in [0.3, 0.4) is 0 Å². The lowest BCUT2D eigenvalue weighted by Gasteiger charge is -2.14. The highest BCUT2D eigenvalue weighted by Gasteiger charge is 2.05. The zero-order chi connectivity index (χ0) is 14.4. The molecule has 1 amide bonds. The molecule has 1 heterocycles. The smallest absolute Gasteiger partial charge is 0.246 e. The van der Waals surface area contributed by atoms with Crippen molar-refractivity contribution in [2.75, 3.05) is 7.05 Å². The number of carbonyl (C=O) groups is 1. The van der Waals surface area contributed by atoms with Gasteiger partial charge in [-0.3, -0.25) is 9.78 Å². The molecule has 0 aliphatic carbocycles. The first-order chi connectivity index (χ1) is 9.65. The van der Waals surface area contributed by atoms with E-state index in [0.717, 1.165) is 11.1 Å². The number of aromatic nitrogens is 1. The summed E-state index contributed by atoms with van der Waals surface area (Å²) in [6.07, 6.45) is 6.54. The van der Waals surface area contributed by atoms with Crippen molar-refractivity contribution >= 4 is 12.0 Å². The minimum Gasteiger partial charge on any atom is -0.338 e. The monoisotopic (exact) mass is 270 g/mol. The molecule has 4 heteroatoms. The molecule has 0 radical (unpaired) electrons. The van der Waals surface area contributed by atoms with Gasteiger partial charge in [0.15, 0.2) is 0 Å². The summed E-state index contributed by atoms with van der Waals surface area (Å²) in [5, 5.41) is 0. The van der Waals surface area contributed by atoms with E-state index in [-0.39, 0.29) is 11.7 Å². The maximum atomic E-state index is 12.8. The fraction of sp³-hybridized carbons (Fsp3) is 0.125. The Morgan fingerprint density at radius 1 is 1.20 bits per heavy atom. The minimum absolute atomic E-state index is 0.105. The summed E-state index contributed by atoms with van der Waals surface area (Å²) in [5.41, 5.74) is 1.81. The molecule has 3 nitrogen and oxygen atoms in total. The first-order valence-electron chi connectivity index (χ1n) is 6.23. The van der Waals surface area contributed by atoms with Gasteiger partial charge in [-0.1, -0.05) is 12.1 Å². The number of benzene rings is 1. The maximum Gasteiger partial charge on any atom is 0.246 e. The van der Waals surface area contributed by atoms with E-state index in [2.05, 4.69) is 4.98 Å². The number of hydrogen-bond donors (Lipinski definition) is 0. The van der Waals surface area contributed by atoms with Gasteiger partial charge in [-0.05, 0) is 41.5 Å². The van der Waals surface area contributed by atoms with Crippen LogP contribution in [0.1, 0.15) is 11.1 Å². The average Bonchev–Trinajstić information content (AvgIpc) is 2.47. The van der Waals surface area contributed by atoms with E-state index < -0.39 is 0 Å². The van der Waals surface area contributed by atoms with Gasteiger partial charge < -0.3 is 4.90 Å². The fourth-order valence-electron chi connectivity index (χ4n) is 1.71. The largest absolute Gasteiger partial charge is 0.338 e. The summed E-state index contributed by atoms with van der Waals surface area (Å²) in [7, 11) is 1.73. The normalized spacial score (nSPS) is 10.7. The summed E-state index contributed by atoms with van der Waals surface area (Å²) in [4.78, 5) is 17.5. The Kier molecular flexibility index (Phi) is 4.60. The molecular weight excluding hydrogens is 255 g/mol. The lowest BCUT2D eigenvalue weighted by Crippen LogP contribution is -2.24. The van der Waals surface area contributed by atoms with Crippen LogP contribution in [0.15, 0.2) is 54.9 Å². The number of pyridine rings is 1. The SMILES string of the molecule is CN(Cc1ccncc1)C(=O)C=Cc1ccc(F)cc1. The summed E-state index contributed by atoms with van der Waals surface area (Å²) >= 11 is 0. The number of likely N-dealkylation sites (N-methyl/N-ethyl adjacent to an activating group) is 1. The van der Waals surface area contributed by atoms with Crippen LogP contribution in [0, 0.1) is 5.82 Å². The third-order valence-corrected chi connectivity index (χ3v) is 2.83. The van der Waals surface area contributed by atoms with E-state index >= 15 is 0 Å². The van der Waals surface area contributed by atoms with Crippen LogP contribution in [0.5, 0.6) is 0 Å². The highest BCUT2D eigenvalue weighted by atomic mass is 19.1. The van der Waals surface area contributed by atoms with Crippen LogP contribution in [0.2, 0.25) is 0 Å². The zero-order valence-electron chi connectivity index (χ0n) is 11.2. The van der Waals surface area contributed by atoms with Crippen LogP contribution in [0.4, 0.5) is 4.39 Å². The average molecular weight is 270 g/mol. The Hall–Kier alpha value is -2.49. The predicted octanol–water partition coefficient (Wildman–Crippen LogP) is 2.89. The predicted molar refractivity (Wildman–Crippen MR) is 76.1 cm³/mol. The van der Waals surface area contributed by atoms with Crippen LogP contribution in [-0.2, 0) is 11.3 Å². The van der Waals surface area contributed by atoms with Crippen molar-refractivity contribution in [2.45, 2.75) is 6.54 Å². The quantitative estimate of drug-likeness (QED) is 0.800. The van der Waals surface area contributed by atoms with Crippen LogP contribution in [0.25, 0.3) is 6.08 Å². The molecule has 1 aromatic heterocycles. The summed E-state index contributed by atoms with van der Waals surface area (Å²) in [6.45, 7) is 0.523. The molecule has 0 atom stereocenters. The second kappa shape index (κ2) is 6.61. The van der Waals surface area contributed by atoms with Crippen molar-refractivity contribution in [2.24, 2.45) is 0 Å². The molecule has 20 heavy (non-hydrogen) atoms. The van der Waals surface area contributed by atoms with Gasteiger partial charge in [0, 0.05) is 32.1 Å². The van der Waals surface area contributed by atoms with Gasteiger partial charge in [0.05, 0.1) is 0 Å². The van der Waals surface area contributed by atoms with E-state index in [4.69, 9.17) is 0 Å². The number of hydrogen-bond acceptors (Lipinski definition) is 2. The van der Waals surface area contributed by atoms with Gasteiger partial charge >= 0.3 is 0 Å². The van der Waals surface area contributed by atoms with Gasteiger partial charge in [-0.25, -0.2) is 4.39 Å². The topological polar surface area (TPSA) is 33.2 Å². The Balaban J connectivity index is 1.95. The highest BCUT2D eigenvalue weighted by Crippen LogP contribution is 2.06. The van der Waals surface area contributed by atoms with Crippen molar-refractivity contribution in [3.8, 4) is 0 Å². The second-order valence-electron chi connectivity index (χ2n) is 4.43. The first kappa shape index (κ1) is 13.9. The van der Waals surface area contributed by atoms with E-state index in [1.165, 1.54) is 18.2 Å². The lowest BCUT2D eigenvalue weighted by molar-refractivity contribution is -0.125. The van der Waals surface area contributed by atoms with E-state index in [0.29, 0.717) is 6.54 Å². The van der Waals surface area contributed by atoms with Crippen molar-refractivity contribution in [1.82, 2.24) is 9.88 Å². The third-order valence-electron chi connectivity index (χ3n) is 2.83. The molecular formula is C16H15FN2O.